The van der Waals surface area contributed by atoms with E-state index in [2.05, 4.69) is 33.9 Å². The molecule has 0 radical (unpaired) electrons. The van der Waals surface area contributed by atoms with Gasteiger partial charge in [-0.1, -0.05) is 0 Å². The van der Waals surface area contributed by atoms with Gasteiger partial charge in [-0.2, -0.15) is 0 Å². The van der Waals surface area contributed by atoms with Gasteiger partial charge in [0, 0.05) is 26.0 Å². The maximum absolute atomic E-state index is 4.19. The first-order chi connectivity index (χ1) is 6.74. The molecule has 1 heterocycles. The zero-order valence-corrected chi connectivity index (χ0v) is 9.32. The Hall–Kier alpha value is -1.03. The minimum absolute atomic E-state index is 0.954. The molecule has 0 saturated heterocycles. The zero-order chi connectivity index (χ0) is 10.4. The quantitative estimate of drug-likeness (QED) is 0.695. The number of rotatable bonds is 6. The van der Waals surface area contributed by atoms with Crippen molar-refractivity contribution in [2.45, 2.75) is 19.4 Å². The Kier molecular flexibility index (Phi) is 4.46. The molecule has 0 saturated carbocycles. The number of imidazole rings is 1. The molecule has 0 unspecified atom stereocenters. The number of unbranched alkanes of at least 4 members (excludes halogenated alkanes) is 1. The Morgan fingerprint density at radius 1 is 1.43 bits per heavy atom. The van der Waals surface area contributed by atoms with Gasteiger partial charge in [-0.15, -0.1) is 0 Å². The second kappa shape index (κ2) is 5.65. The van der Waals surface area contributed by atoms with E-state index in [1.165, 1.54) is 12.8 Å². The van der Waals surface area contributed by atoms with Crippen molar-refractivity contribution >= 4 is 5.95 Å². The van der Waals surface area contributed by atoms with E-state index in [1.807, 2.05) is 19.4 Å². The Labute approximate surface area is 85.9 Å². The third kappa shape index (κ3) is 3.38. The molecule has 1 N–H and O–H groups in total. The van der Waals surface area contributed by atoms with Crippen molar-refractivity contribution in [1.29, 1.82) is 0 Å². The number of anilines is 1. The van der Waals surface area contributed by atoms with Gasteiger partial charge in [-0.25, -0.2) is 4.98 Å². The molecule has 0 amide bonds. The summed E-state index contributed by atoms with van der Waals surface area (Å²) in [6.45, 7) is 2.20. The van der Waals surface area contributed by atoms with Crippen LogP contribution in [0.5, 0.6) is 0 Å². The van der Waals surface area contributed by atoms with Gasteiger partial charge in [0.15, 0.2) is 0 Å². The Bertz CT molecular complexity index is 254. The number of aryl methyl sites for hydroxylation is 1. The van der Waals surface area contributed by atoms with E-state index >= 15 is 0 Å². The number of aromatic nitrogens is 2. The normalized spacial score (nSPS) is 10.9. The van der Waals surface area contributed by atoms with E-state index in [4.69, 9.17) is 0 Å². The molecule has 1 rings (SSSR count). The highest BCUT2D eigenvalue weighted by atomic mass is 15.2. The molecular weight excluding hydrogens is 176 g/mol. The van der Waals surface area contributed by atoms with Crippen LogP contribution in [0.4, 0.5) is 5.95 Å². The summed E-state index contributed by atoms with van der Waals surface area (Å²) in [6.07, 6.45) is 6.27. The van der Waals surface area contributed by atoms with Gasteiger partial charge < -0.3 is 14.8 Å². The Morgan fingerprint density at radius 2 is 2.21 bits per heavy atom. The number of hydrogen-bond acceptors (Lipinski definition) is 3. The average Bonchev–Trinajstić information content (AvgIpc) is 2.59. The molecule has 80 valence electrons. The van der Waals surface area contributed by atoms with E-state index in [-0.39, 0.29) is 0 Å². The maximum atomic E-state index is 4.19. The van der Waals surface area contributed by atoms with Crippen LogP contribution in [0.3, 0.4) is 0 Å². The first-order valence-electron chi connectivity index (χ1n) is 5.07. The summed E-state index contributed by atoms with van der Waals surface area (Å²) in [7, 11) is 6.12. The lowest BCUT2D eigenvalue weighted by atomic mass is 10.3. The van der Waals surface area contributed by atoms with Crippen molar-refractivity contribution in [3.8, 4) is 0 Å². The molecule has 0 atom stereocenters. The second-order valence-corrected chi connectivity index (χ2v) is 3.70. The predicted molar refractivity (Wildman–Crippen MR) is 59.6 cm³/mol. The lowest BCUT2D eigenvalue weighted by molar-refractivity contribution is 0.388. The summed E-state index contributed by atoms with van der Waals surface area (Å²) >= 11 is 0. The zero-order valence-electron chi connectivity index (χ0n) is 9.32. The molecule has 0 fully saturated rings. The largest absolute Gasteiger partial charge is 0.359 e. The van der Waals surface area contributed by atoms with Gasteiger partial charge in [-0.05, 0) is 33.5 Å². The minimum Gasteiger partial charge on any atom is -0.359 e. The topological polar surface area (TPSA) is 33.1 Å². The van der Waals surface area contributed by atoms with Crippen molar-refractivity contribution in [2.24, 2.45) is 0 Å². The highest BCUT2D eigenvalue weighted by Gasteiger charge is 1.99. The fraction of sp³-hybridized carbons (Fsp3) is 0.700. The second-order valence-electron chi connectivity index (χ2n) is 3.70. The third-order valence-corrected chi connectivity index (χ3v) is 2.19. The fourth-order valence-electron chi connectivity index (χ4n) is 1.43. The molecule has 1 aromatic rings. The van der Waals surface area contributed by atoms with Crippen LogP contribution in [-0.2, 0) is 6.54 Å². The van der Waals surface area contributed by atoms with Gasteiger partial charge in [0.05, 0.1) is 0 Å². The van der Waals surface area contributed by atoms with Crippen LogP contribution >= 0.6 is 0 Å². The summed E-state index contributed by atoms with van der Waals surface area (Å²) in [6, 6.07) is 0. The molecular formula is C10H20N4. The monoisotopic (exact) mass is 196 g/mol. The van der Waals surface area contributed by atoms with Crippen molar-refractivity contribution in [3.05, 3.63) is 12.4 Å². The molecule has 0 aliphatic carbocycles. The predicted octanol–water partition coefficient (Wildman–Crippen LogP) is 1.27. The average molecular weight is 196 g/mol. The summed E-state index contributed by atoms with van der Waals surface area (Å²) < 4.78 is 2.15. The Balaban J connectivity index is 2.24. The van der Waals surface area contributed by atoms with Crippen molar-refractivity contribution in [3.63, 3.8) is 0 Å². The highest BCUT2D eigenvalue weighted by molar-refractivity contribution is 5.23. The third-order valence-electron chi connectivity index (χ3n) is 2.19. The van der Waals surface area contributed by atoms with Crippen molar-refractivity contribution in [2.75, 3.05) is 33.0 Å². The van der Waals surface area contributed by atoms with Crippen LogP contribution in [0, 0.1) is 0 Å². The SMILES string of the molecule is CNc1nccn1CCCCN(C)C. The lowest BCUT2D eigenvalue weighted by Crippen LogP contribution is -2.13. The Morgan fingerprint density at radius 3 is 2.86 bits per heavy atom. The summed E-state index contributed by atoms with van der Waals surface area (Å²) in [4.78, 5) is 6.41. The van der Waals surface area contributed by atoms with E-state index in [0.29, 0.717) is 0 Å². The summed E-state index contributed by atoms with van der Waals surface area (Å²) in [5, 5.41) is 3.07. The van der Waals surface area contributed by atoms with E-state index in [9.17, 15) is 0 Å². The number of nitrogens with zero attached hydrogens (tertiary/aromatic N) is 3. The molecule has 0 bridgehead atoms. The van der Waals surface area contributed by atoms with Crippen LogP contribution in [0.1, 0.15) is 12.8 Å². The fourth-order valence-corrected chi connectivity index (χ4v) is 1.43. The molecule has 0 aromatic carbocycles. The van der Waals surface area contributed by atoms with Crippen LogP contribution < -0.4 is 5.32 Å². The van der Waals surface area contributed by atoms with Gasteiger partial charge in [-0.3, -0.25) is 0 Å². The molecule has 1 aromatic heterocycles. The van der Waals surface area contributed by atoms with Gasteiger partial charge >= 0.3 is 0 Å². The van der Waals surface area contributed by atoms with Crippen molar-refractivity contribution < 1.29 is 0 Å². The standard InChI is InChI=1S/C10H20N4/c1-11-10-12-6-9-14(10)8-5-4-7-13(2)3/h6,9H,4-5,7-8H2,1-3H3,(H,11,12). The van der Waals surface area contributed by atoms with E-state index in [1.54, 1.807) is 0 Å². The van der Waals surface area contributed by atoms with Gasteiger partial charge in [0.25, 0.3) is 0 Å². The number of nitrogens with one attached hydrogen (secondary N) is 1. The van der Waals surface area contributed by atoms with Crippen LogP contribution in [0.25, 0.3) is 0 Å². The highest BCUT2D eigenvalue weighted by Crippen LogP contribution is 2.05. The molecule has 4 heteroatoms. The van der Waals surface area contributed by atoms with Crippen LogP contribution in [0.15, 0.2) is 12.4 Å². The molecule has 14 heavy (non-hydrogen) atoms. The lowest BCUT2D eigenvalue weighted by Gasteiger charge is -2.10. The number of hydrogen-bond donors (Lipinski definition) is 1. The van der Waals surface area contributed by atoms with E-state index in [0.717, 1.165) is 19.0 Å². The molecule has 4 nitrogen and oxygen atoms in total. The van der Waals surface area contributed by atoms with Gasteiger partial charge in [0.1, 0.15) is 0 Å². The summed E-state index contributed by atoms with van der Waals surface area (Å²) in [5.74, 6) is 0.954. The molecule has 0 spiro atoms. The van der Waals surface area contributed by atoms with Gasteiger partial charge in [0.2, 0.25) is 5.95 Å². The smallest absolute Gasteiger partial charge is 0.202 e. The summed E-state index contributed by atoms with van der Waals surface area (Å²) in [5.41, 5.74) is 0. The van der Waals surface area contributed by atoms with Crippen LogP contribution in [0.2, 0.25) is 0 Å². The first-order valence-corrected chi connectivity index (χ1v) is 5.07. The first kappa shape index (κ1) is 11.0. The maximum Gasteiger partial charge on any atom is 0.202 e. The van der Waals surface area contributed by atoms with E-state index < -0.39 is 0 Å². The van der Waals surface area contributed by atoms with Crippen molar-refractivity contribution in [1.82, 2.24) is 14.5 Å². The van der Waals surface area contributed by atoms with Crippen LogP contribution in [-0.4, -0.2) is 42.1 Å². The molecule has 0 aliphatic rings. The minimum atomic E-state index is 0.954. The molecule has 0 aliphatic heterocycles.